The Morgan fingerprint density at radius 1 is 1.67 bits per heavy atom. The van der Waals surface area contributed by atoms with Crippen LogP contribution in [0, 0.1) is 12.8 Å². The van der Waals surface area contributed by atoms with Crippen molar-refractivity contribution in [3.63, 3.8) is 0 Å². The molecule has 1 fully saturated rings. The van der Waals surface area contributed by atoms with Crippen LogP contribution >= 0.6 is 0 Å². The molecule has 1 aliphatic rings. The molecular weight excluding hydrogens is 188 g/mol. The molecule has 1 aromatic heterocycles. The minimum Gasteiger partial charge on any atom is -0.381 e. The summed E-state index contributed by atoms with van der Waals surface area (Å²) in [5, 5.41) is 0. The fourth-order valence-corrected chi connectivity index (χ4v) is 2.01. The highest BCUT2D eigenvalue weighted by atomic mass is 16.5. The molecule has 2 unspecified atom stereocenters. The number of ether oxygens (including phenoxy) is 1. The van der Waals surface area contributed by atoms with Crippen molar-refractivity contribution in [2.45, 2.75) is 25.8 Å². The van der Waals surface area contributed by atoms with Crippen molar-refractivity contribution in [1.29, 1.82) is 0 Å². The standard InChI is InChI=1S/C12H18N2O/c1-9-3-2-5-14-12(9)7-11(13)10-4-6-15-8-10/h2-3,5,10-11H,4,6-8,13H2,1H3. The number of rotatable bonds is 3. The molecule has 0 saturated carbocycles. The van der Waals surface area contributed by atoms with Crippen molar-refractivity contribution in [1.82, 2.24) is 4.98 Å². The van der Waals surface area contributed by atoms with E-state index in [0.29, 0.717) is 5.92 Å². The first kappa shape index (κ1) is 10.6. The van der Waals surface area contributed by atoms with Gasteiger partial charge in [-0.05, 0) is 30.9 Å². The van der Waals surface area contributed by atoms with Crippen LogP contribution in [0.2, 0.25) is 0 Å². The predicted molar refractivity (Wildman–Crippen MR) is 59.6 cm³/mol. The first-order chi connectivity index (χ1) is 7.27. The van der Waals surface area contributed by atoms with Gasteiger partial charge in [0.2, 0.25) is 0 Å². The Bertz CT molecular complexity index is 321. The first-order valence-electron chi connectivity index (χ1n) is 5.51. The minimum atomic E-state index is 0.182. The average molecular weight is 206 g/mol. The molecule has 2 heterocycles. The number of aromatic nitrogens is 1. The maximum atomic E-state index is 6.16. The third-order valence-electron chi connectivity index (χ3n) is 3.12. The van der Waals surface area contributed by atoms with Crippen LogP contribution in [0.4, 0.5) is 0 Å². The summed E-state index contributed by atoms with van der Waals surface area (Å²) in [4.78, 5) is 4.37. The maximum absolute atomic E-state index is 6.16. The van der Waals surface area contributed by atoms with E-state index in [-0.39, 0.29) is 6.04 Å². The molecule has 0 aliphatic carbocycles. The zero-order valence-electron chi connectivity index (χ0n) is 9.15. The second-order valence-corrected chi connectivity index (χ2v) is 4.26. The Labute approximate surface area is 90.7 Å². The van der Waals surface area contributed by atoms with Gasteiger partial charge in [-0.2, -0.15) is 0 Å². The quantitative estimate of drug-likeness (QED) is 0.810. The van der Waals surface area contributed by atoms with E-state index in [0.717, 1.165) is 31.7 Å². The highest BCUT2D eigenvalue weighted by Crippen LogP contribution is 2.18. The van der Waals surface area contributed by atoms with Crippen LogP contribution in [-0.4, -0.2) is 24.2 Å². The van der Waals surface area contributed by atoms with Gasteiger partial charge in [0.15, 0.2) is 0 Å². The van der Waals surface area contributed by atoms with Crippen molar-refractivity contribution in [3.8, 4) is 0 Å². The SMILES string of the molecule is Cc1cccnc1CC(N)C1CCOC1. The fraction of sp³-hybridized carbons (Fsp3) is 0.583. The van der Waals surface area contributed by atoms with E-state index in [1.807, 2.05) is 12.3 Å². The van der Waals surface area contributed by atoms with E-state index in [9.17, 15) is 0 Å². The van der Waals surface area contributed by atoms with Gasteiger partial charge < -0.3 is 10.5 Å². The summed E-state index contributed by atoms with van der Waals surface area (Å²) in [7, 11) is 0. The van der Waals surface area contributed by atoms with Crippen molar-refractivity contribution in [3.05, 3.63) is 29.6 Å². The molecule has 1 aliphatic heterocycles. The van der Waals surface area contributed by atoms with Crippen LogP contribution < -0.4 is 5.73 Å². The van der Waals surface area contributed by atoms with Gasteiger partial charge in [-0.15, -0.1) is 0 Å². The van der Waals surface area contributed by atoms with Gasteiger partial charge in [0.1, 0.15) is 0 Å². The van der Waals surface area contributed by atoms with Gasteiger partial charge in [0.25, 0.3) is 0 Å². The van der Waals surface area contributed by atoms with Crippen molar-refractivity contribution in [2.24, 2.45) is 11.7 Å². The number of nitrogens with zero attached hydrogens (tertiary/aromatic N) is 1. The number of hydrogen-bond acceptors (Lipinski definition) is 3. The summed E-state index contributed by atoms with van der Waals surface area (Å²) in [6.45, 7) is 3.76. The third kappa shape index (κ3) is 2.55. The number of hydrogen-bond donors (Lipinski definition) is 1. The summed E-state index contributed by atoms with van der Waals surface area (Å²) >= 11 is 0. The largest absolute Gasteiger partial charge is 0.381 e. The molecular formula is C12H18N2O. The monoisotopic (exact) mass is 206 g/mol. The highest BCUT2D eigenvalue weighted by Gasteiger charge is 2.23. The van der Waals surface area contributed by atoms with Gasteiger partial charge in [0.05, 0.1) is 6.61 Å². The Hall–Kier alpha value is -0.930. The van der Waals surface area contributed by atoms with Crippen molar-refractivity contribution >= 4 is 0 Å². The average Bonchev–Trinajstić information content (AvgIpc) is 2.74. The van der Waals surface area contributed by atoms with Gasteiger partial charge in [-0.3, -0.25) is 4.98 Å². The third-order valence-corrected chi connectivity index (χ3v) is 3.12. The lowest BCUT2D eigenvalue weighted by atomic mass is 9.94. The maximum Gasteiger partial charge on any atom is 0.0510 e. The van der Waals surface area contributed by atoms with E-state index >= 15 is 0 Å². The molecule has 3 heteroatoms. The fourth-order valence-electron chi connectivity index (χ4n) is 2.01. The Morgan fingerprint density at radius 3 is 3.20 bits per heavy atom. The highest BCUT2D eigenvalue weighted by molar-refractivity contribution is 5.18. The molecule has 0 bridgehead atoms. The van der Waals surface area contributed by atoms with Gasteiger partial charge in [0, 0.05) is 31.0 Å². The summed E-state index contributed by atoms with van der Waals surface area (Å²) in [5.74, 6) is 0.506. The molecule has 15 heavy (non-hydrogen) atoms. The van der Waals surface area contributed by atoms with Crippen molar-refractivity contribution in [2.75, 3.05) is 13.2 Å². The van der Waals surface area contributed by atoms with E-state index in [1.54, 1.807) is 0 Å². The molecule has 0 spiro atoms. The zero-order valence-corrected chi connectivity index (χ0v) is 9.15. The predicted octanol–water partition coefficient (Wildman–Crippen LogP) is 1.30. The second kappa shape index (κ2) is 4.73. The number of aryl methyl sites for hydroxylation is 1. The van der Waals surface area contributed by atoms with E-state index in [4.69, 9.17) is 10.5 Å². The zero-order chi connectivity index (χ0) is 10.7. The molecule has 3 nitrogen and oxygen atoms in total. The number of nitrogens with two attached hydrogens (primary N) is 1. The Kier molecular flexibility index (Phi) is 3.34. The molecule has 1 saturated heterocycles. The van der Waals surface area contributed by atoms with Crippen molar-refractivity contribution < 1.29 is 4.74 Å². The van der Waals surface area contributed by atoms with Crippen LogP contribution in [0.1, 0.15) is 17.7 Å². The Morgan fingerprint density at radius 2 is 2.53 bits per heavy atom. The van der Waals surface area contributed by atoms with Gasteiger partial charge in [-0.1, -0.05) is 6.07 Å². The van der Waals surface area contributed by atoms with E-state index in [1.165, 1.54) is 5.56 Å². The smallest absolute Gasteiger partial charge is 0.0510 e. The van der Waals surface area contributed by atoms with Crippen LogP contribution in [0.3, 0.4) is 0 Å². The minimum absolute atomic E-state index is 0.182. The lowest BCUT2D eigenvalue weighted by Crippen LogP contribution is -2.33. The topological polar surface area (TPSA) is 48.1 Å². The summed E-state index contributed by atoms with van der Waals surface area (Å²) < 4.78 is 5.35. The lowest BCUT2D eigenvalue weighted by Gasteiger charge is -2.17. The molecule has 1 aromatic rings. The lowest BCUT2D eigenvalue weighted by molar-refractivity contribution is 0.180. The molecule has 2 atom stereocenters. The van der Waals surface area contributed by atoms with Crippen LogP contribution in [-0.2, 0) is 11.2 Å². The molecule has 2 N–H and O–H groups in total. The van der Waals surface area contributed by atoms with E-state index < -0.39 is 0 Å². The molecule has 0 aromatic carbocycles. The summed E-state index contributed by atoms with van der Waals surface area (Å²) in [6.07, 6.45) is 3.79. The van der Waals surface area contributed by atoms with Gasteiger partial charge >= 0.3 is 0 Å². The number of pyridine rings is 1. The summed E-state index contributed by atoms with van der Waals surface area (Å²) in [6, 6.07) is 4.23. The normalized spacial score (nSPS) is 22.9. The molecule has 0 amide bonds. The summed E-state index contributed by atoms with van der Waals surface area (Å²) in [5.41, 5.74) is 8.51. The van der Waals surface area contributed by atoms with E-state index in [2.05, 4.69) is 18.0 Å². The van der Waals surface area contributed by atoms with Crippen LogP contribution in [0.25, 0.3) is 0 Å². The molecule has 82 valence electrons. The Balaban J connectivity index is 1.99. The first-order valence-corrected chi connectivity index (χ1v) is 5.51. The van der Waals surface area contributed by atoms with Crippen LogP contribution in [0.5, 0.6) is 0 Å². The molecule has 0 radical (unpaired) electrons. The second-order valence-electron chi connectivity index (χ2n) is 4.26. The van der Waals surface area contributed by atoms with Crippen LogP contribution in [0.15, 0.2) is 18.3 Å². The molecule has 2 rings (SSSR count). The van der Waals surface area contributed by atoms with Gasteiger partial charge in [-0.25, -0.2) is 0 Å².